The molecule has 174 valence electrons. The van der Waals surface area contributed by atoms with Gasteiger partial charge in [0.15, 0.2) is 0 Å². The highest BCUT2D eigenvalue weighted by Crippen LogP contribution is 2.46. The number of halogens is 1. The normalized spacial score (nSPS) is 21.3. The third-order valence-corrected chi connectivity index (χ3v) is 7.50. The lowest BCUT2D eigenvalue weighted by atomic mass is 9.78. The van der Waals surface area contributed by atoms with Gasteiger partial charge in [0.25, 0.3) is 11.1 Å². The first-order valence-electron chi connectivity index (χ1n) is 11.4. The average Bonchev–Trinajstić information content (AvgIpc) is 2.97. The zero-order chi connectivity index (χ0) is 24.1. The van der Waals surface area contributed by atoms with Gasteiger partial charge in [-0.05, 0) is 111 Å². The van der Waals surface area contributed by atoms with E-state index in [9.17, 15) is 14.0 Å². The quantitative estimate of drug-likeness (QED) is 0.461. The third kappa shape index (κ3) is 4.45. The number of nitrogens with zero attached hydrogens (tertiary/aromatic N) is 2. The Kier molecular flexibility index (Phi) is 6.16. The van der Waals surface area contributed by atoms with E-state index in [0.717, 1.165) is 34.9 Å². The summed E-state index contributed by atoms with van der Waals surface area (Å²) < 4.78 is 13.2. The van der Waals surface area contributed by atoms with Crippen LogP contribution < -0.4 is 4.90 Å². The highest BCUT2D eigenvalue weighted by atomic mass is 32.2. The van der Waals surface area contributed by atoms with Crippen molar-refractivity contribution >= 4 is 34.7 Å². The first-order chi connectivity index (χ1) is 15.5. The van der Waals surface area contributed by atoms with Crippen LogP contribution in [0.2, 0.25) is 0 Å². The number of rotatable bonds is 4. The van der Waals surface area contributed by atoms with Crippen molar-refractivity contribution < 1.29 is 14.0 Å². The van der Waals surface area contributed by atoms with Crippen LogP contribution in [-0.4, -0.2) is 27.6 Å². The summed E-state index contributed by atoms with van der Waals surface area (Å²) in [7, 11) is 0. The fourth-order valence-electron chi connectivity index (χ4n) is 5.30. The fraction of sp³-hybridized carbons (Fsp3) is 0.407. The summed E-state index contributed by atoms with van der Waals surface area (Å²) in [6, 6.07) is 10.7. The van der Waals surface area contributed by atoms with E-state index in [-0.39, 0.29) is 29.0 Å². The highest BCUT2D eigenvalue weighted by Gasteiger charge is 2.38. The molecule has 4 nitrogen and oxygen atoms in total. The zero-order valence-corrected chi connectivity index (χ0v) is 20.9. The Labute approximate surface area is 199 Å². The third-order valence-electron chi connectivity index (χ3n) is 6.59. The van der Waals surface area contributed by atoms with Gasteiger partial charge in [0, 0.05) is 17.3 Å². The number of carbonyl (C=O) groups is 2. The number of carbonyl (C=O) groups excluding carboxylic acids is 2. The molecule has 2 heterocycles. The minimum Gasteiger partial charge on any atom is -0.364 e. The van der Waals surface area contributed by atoms with Gasteiger partial charge in [-0.2, -0.15) is 0 Å². The number of benzene rings is 2. The van der Waals surface area contributed by atoms with Crippen molar-refractivity contribution in [3.05, 3.63) is 69.4 Å². The van der Waals surface area contributed by atoms with Crippen LogP contribution in [0.4, 0.5) is 14.9 Å². The number of hydrogen-bond donors (Lipinski definition) is 0. The number of imide groups is 1. The predicted octanol–water partition coefficient (Wildman–Crippen LogP) is 6.87. The first-order valence-corrected chi connectivity index (χ1v) is 12.2. The zero-order valence-electron chi connectivity index (χ0n) is 20.1. The maximum Gasteiger partial charge on any atom is 0.293 e. The maximum absolute atomic E-state index is 13.2. The molecule has 0 saturated carbocycles. The van der Waals surface area contributed by atoms with Crippen LogP contribution in [0.15, 0.2) is 41.3 Å². The molecule has 0 bridgehead atoms. The second-order valence-electron chi connectivity index (χ2n) is 10.0. The van der Waals surface area contributed by atoms with Crippen LogP contribution in [0.1, 0.15) is 69.2 Å². The average molecular weight is 467 g/mol. The van der Waals surface area contributed by atoms with E-state index in [1.165, 1.54) is 28.3 Å². The molecule has 2 amide bonds. The molecule has 0 radical (unpaired) electrons. The SMILES string of the molecule is Cc1cc2c(cc1/C=C1\SC(=O)N(Cc3ccc(F)cc3)C1=O)[C@H](C)CC(C)(C)N2C(C)C. The number of anilines is 1. The van der Waals surface area contributed by atoms with Gasteiger partial charge in [0.2, 0.25) is 0 Å². The van der Waals surface area contributed by atoms with Crippen molar-refractivity contribution in [1.82, 2.24) is 4.90 Å². The fourth-order valence-corrected chi connectivity index (χ4v) is 6.13. The van der Waals surface area contributed by atoms with Crippen molar-refractivity contribution in [2.45, 2.75) is 72.0 Å². The minimum absolute atomic E-state index is 0.0670. The molecular weight excluding hydrogens is 435 g/mol. The van der Waals surface area contributed by atoms with Gasteiger partial charge in [-0.3, -0.25) is 14.5 Å². The van der Waals surface area contributed by atoms with Gasteiger partial charge in [-0.25, -0.2) is 4.39 Å². The van der Waals surface area contributed by atoms with Crippen molar-refractivity contribution in [3.63, 3.8) is 0 Å². The van der Waals surface area contributed by atoms with Gasteiger partial charge in [-0.15, -0.1) is 0 Å². The molecule has 1 fully saturated rings. The Hall–Kier alpha value is -2.60. The van der Waals surface area contributed by atoms with E-state index in [2.05, 4.69) is 58.6 Å². The van der Waals surface area contributed by atoms with Gasteiger partial charge in [-0.1, -0.05) is 19.1 Å². The molecule has 2 aliphatic rings. The molecule has 0 N–H and O–H groups in total. The van der Waals surface area contributed by atoms with Gasteiger partial charge < -0.3 is 4.90 Å². The molecule has 6 heteroatoms. The molecule has 0 aliphatic carbocycles. The molecule has 0 unspecified atom stereocenters. The van der Waals surface area contributed by atoms with Crippen LogP contribution in [0, 0.1) is 12.7 Å². The summed E-state index contributed by atoms with van der Waals surface area (Å²) in [5.41, 5.74) is 5.37. The molecule has 4 rings (SSSR count). The van der Waals surface area contributed by atoms with Crippen LogP contribution >= 0.6 is 11.8 Å². The van der Waals surface area contributed by atoms with Crippen molar-refractivity contribution in [2.24, 2.45) is 0 Å². The number of amides is 2. The summed E-state index contributed by atoms with van der Waals surface area (Å²) in [4.78, 5) is 29.7. The number of fused-ring (bicyclic) bond motifs is 1. The molecule has 2 aromatic carbocycles. The smallest absolute Gasteiger partial charge is 0.293 e. The number of aryl methyl sites for hydroxylation is 1. The Balaban J connectivity index is 1.66. The minimum atomic E-state index is -0.343. The molecule has 0 spiro atoms. The molecule has 33 heavy (non-hydrogen) atoms. The van der Waals surface area contributed by atoms with Gasteiger partial charge in [0.05, 0.1) is 11.4 Å². The second kappa shape index (κ2) is 8.64. The molecular formula is C27H31FN2O2S. The lowest BCUT2D eigenvalue weighted by Gasteiger charge is -2.50. The molecule has 1 saturated heterocycles. The van der Waals surface area contributed by atoms with E-state index >= 15 is 0 Å². The standard InChI is InChI=1S/C27H31FN2O2S/c1-16(2)30-23-11-17(3)20(12-22(23)18(4)14-27(30,5)6)13-24-25(31)29(26(32)33-24)15-19-7-9-21(28)10-8-19/h7-13,16,18H,14-15H2,1-6H3/b24-13-/t18-/m1/s1. The Bertz CT molecular complexity index is 1140. The van der Waals surface area contributed by atoms with Crippen LogP contribution in [0.3, 0.4) is 0 Å². The summed E-state index contributed by atoms with van der Waals surface area (Å²) in [5.74, 6) is -0.250. The second-order valence-corrected chi connectivity index (χ2v) is 11.0. The lowest BCUT2D eigenvalue weighted by molar-refractivity contribution is -0.123. The Morgan fingerprint density at radius 1 is 1.18 bits per heavy atom. The number of hydrogen-bond acceptors (Lipinski definition) is 4. The molecule has 1 atom stereocenters. The predicted molar refractivity (Wildman–Crippen MR) is 134 cm³/mol. The molecule has 2 aromatic rings. The summed E-state index contributed by atoms with van der Waals surface area (Å²) in [6.45, 7) is 13.5. The number of thioether (sulfide) groups is 1. The van der Waals surface area contributed by atoms with Gasteiger partial charge >= 0.3 is 0 Å². The summed E-state index contributed by atoms with van der Waals surface area (Å²) >= 11 is 0.965. The van der Waals surface area contributed by atoms with E-state index in [0.29, 0.717) is 16.9 Å². The lowest BCUT2D eigenvalue weighted by Crippen LogP contribution is -2.51. The van der Waals surface area contributed by atoms with E-state index < -0.39 is 0 Å². The maximum atomic E-state index is 13.2. The Morgan fingerprint density at radius 2 is 1.85 bits per heavy atom. The van der Waals surface area contributed by atoms with E-state index in [4.69, 9.17) is 0 Å². The first kappa shape index (κ1) is 23.6. The van der Waals surface area contributed by atoms with E-state index in [1.807, 2.05) is 6.08 Å². The topological polar surface area (TPSA) is 40.6 Å². The van der Waals surface area contributed by atoms with E-state index in [1.54, 1.807) is 12.1 Å². The highest BCUT2D eigenvalue weighted by molar-refractivity contribution is 8.18. The van der Waals surface area contributed by atoms with Crippen molar-refractivity contribution in [2.75, 3.05) is 4.90 Å². The largest absolute Gasteiger partial charge is 0.364 e. The summed E-state index contributed by atoms with van der Waals surface area (Å²) in [5, 5.41) is -0.299. The Morgan fingerprint density at radius 3 is 2.48 bits per heavy atom. The molecule has 2 aliphatic heterocycles. The monoisotopic (exact) mass is 466 g/mol. The molecule has 0 aromatic heterocycles. The summed E-state index contributed by atoms with van der Waals surface area (Å²) in [6.07, 6.45) is 2.90. The van der Waals surface area contributed by atoms with Crippen molar-refractivity contribution in [3.8, 4) is 0 Å². The van der Waals surface area contributed by atoms with Crippen LogP contribution in [0.5, 0.6) is 0 Å². The van der Waals surface area contributed by atoms with Crippen molar-refractivity contribution in [1.29, 1.82) is 0 Å². The van der Waals surface area contributed by atoms with Crippen LogP contribution in [-0.2, 0) is 11.3 Å². The van der Waals surface area contributed by atoms with Gasteiger partial charge in [0.1, 0.15) is 5.82 Å². The van der Waals surface area contributed by atoms with Crippen LogP contribution in [0.25, 0.3) is 6.08 Å².